The van der Waals surface area contributed by atoms with Gasteiger partial charge in [-0.15, -0.1) is 16.4 Å². The zero-order valence-electron chi connectivity index (χ0n) is 11.8. The van der Waals surface area contributed by atoms with Gasteiger partial charge in [0.1, 0.15) is 6.61 Å². The van der Waals surface area contributed by atoms with Crippen molar-refractivity contribution >= 4 is 11.3 Å². The molecular formula is C11H12N6O2S. The number of aromatic nitrogens is 6. The summed E-state index contributed by atoms with van der Waals surface area (Å²) in [6.07, 6.45) is 1.48. The summed E-state index contributed by atoms with van der Waals surface area (Å²) in [5.74, 6) is 0.355. The van der Waals surface area contributed by atoms with Crippen molar-refractivity contribution in [1.82, 2.24) is 30.0 Å². The molecule has 0 aliphatic carbocycles. The van der Waals surface area contributed by atoms with Gasteiger partial charge >= 0.3 is 5.69 Å². The molecule has 0 unspecified atom stereocenters. The Labute approximate surface area is 119 Å². The van der Waals surface area contributed by atoms with Crippen molar-refractivity contribution in [3.63, 3.8) is 0 Å². The Morgan fingerprint density at radius 1 is 1.55 bits per heavy atom. The molecule has 104 valence electrons. The highest BCUT2D eigenvalue weighted by molar-refractivity contribution is 7.10. The normalized spacial score (nSPS) is 11.6. The van der Waals surface area contributed by atoms with E-state index >= 15 is 0 Å². The molecule has 3 aromatic heterocycles. The van der Waals surface area contributed by atoms with E-state index in [1.54, 1.807) is 13.1 Å². The highest BCUT2D eigenvalue weighted by Crippen LogP contribution is 2.25. The van der Waals surface area contributed by atoms with Crippen LogP contribution in [0.2, 0.25) is 1.41 Å². The molecule has 3 heterocycles. The number of hydrogen-bond acceptors (Lipinski definition) is 6. The molecule has 0 fully saturated rings. The number of aryl methyl sites for hydroxylation is 2. The summed E-state index contributed by atoms with van der Waals surface area (Å²) in [5, 5.41) is 14.1. The standard InChI is InChI=1S/C11H12N6O2S/c1-7-8(5-19-10-3-4-12-13-10)9(6-20-7)17-11(18)16(2)14-15-17/h3-4,6H,5H2,1-2H3,(H,12,13)/i/hT. The first-order chi connectivity index (χ1) is 10.1. The van der Waals surface area contributed by atoms with E-state index in [-0.39, 0.29) is 12.3 Å². The predicted octanol–water partition coefficient (Wildman–Crippen LogP) is 0.638. The molecule has 0 saturated heterocycles. The van der Waals surface area contributed by atoms with E-state index in [1.807, 2.05) is 12.3 Å². The van der Waals surface area contributed by atoms with Gasteiger partial charge in [0.25, 0.3) is 0 Å². The van der Waals surface area contributed by atoms with Gasteiger partial charge in [0.2, 0.25) is 5.88 Å². The maximum absolute atomic E-state index is 11.9. The predicted molar refractivity (Wildman–Crippen MR) is 72.1 cm³/mol. The molecule has 0 bridgehead atoms. The Hall–Kier alpha value is -2.42. The highest BCUT2D eigenvalue weighted by Gasteiger charge is 2.15. The Bertz CT molecular complexity index is 832. The fourth-order valence-corrected chi connectivity index (χ4v) is 2.56. The van der Waals surface area contributed by atoms with Crippen molar-refractivity contribution in [2.45, 2.75) is 13.5 Å². The third-order valence-electron chi connectivity index (χ3n) is 2.84. The van der Waals surface area contributed by atoms with Crippen molar-refractivity contribution in [2.75, 3.05) is 0 Å². The van der Waals surface area contributed by atoms with Crippen LogP contribution in [0, 0.1) is 6.92 Å². The Kier molecular flexibility index (Phi) is 2.81. The zero-order chi connectivity index (χ0) is 15.0. The lowest BCUT2D eigenvalue weighted by Gasteiger charge is -2.05. The van der Waals surface area contributed by atoms with Gasteiger partial charge in [-0.2, -0.15) is 9.36 Å². The van der Waals surface area contributed by atoms with Gasteiger partial charge < -0.3 is 4.74 Å². The van der Waals surface area contributed by atoms with Crippen LogP contribution in [0.1, 0.15) is 10.4 Å². The van der Waals surface area contributed by atoms with Crippen molar-refractivity contribution in [3.05, 3.63) is 38.6 Å². The smallest absolute Gasteiger partial charge is 0.368 e. The van der Waals surface area contributed by atoms with Crippen LogP contribution in [-0.2, 0) is 13.7 Å². The number of ether oxygens (including phenoxy) is 1. The van der Waals surface area contributed by atoms with Crippen LogP contribution in [0.4, 0.5) is 0 Å². The molecule has 3 aromatic rings. The summed E-state index contributed by atoms with van der Waals surface area (Å²) in [6.45, 7) is 2.18. The number of rotatable bonds is 4. The van der Waals surface area contributed by atoms with Crippen molar-refractivity contribution in [3.8, 4) is 11.6 Å². The quantitative estimate of drug-likeness (QED) is 0.762. The first-order valence-electron chi connectivity index (χ1n) is 6.25. The van der Waals surface area contributed by atoms with Gasteiger partial charge in [0.05, 0.1) is 5.69 Å². The van der Waals surface area contributed by atoms with Crippen molar-refractivity contribution in [2.24, 2.45) is 7.05 Å². The van der Waals surface area contributed by atoms with Crippen LogP contribution >= 0.6 is 11.3 Å². The molecule has 9 heteroatoms. The van der Waals surface area contributed by atoms with E-state index in [1.165, 1.54) is 26.9 Å². The second kappa shape index (κ2) is 4.93. The molecule has 8 nitrogen and oxygen atoms in total. The summed E-state index contributed by atoms with van der Waals surface area (Å²) in [6, 6.07) is 1.60. The minimum Gasteiger partial charge on any atom is -0.472 e. The Morgan fingerprint density at radius 2 is 2.40 bits per heavy atom. The number of aromatic amines is 1. The zero-order valence-corrected chi connectivity index (χ0v) is 11.7. The van der Waals surface area contributed by atoms with E-state index in [0.717, 1.165) is 15.5 Å². The number of nitrogens with zero attached hydrogens (tertiary/aromatic N) is 5. The topological polar surface area (TPSA) is 90.6 Å². The van der Waals surface area contributed by atoms with E-state index in [4.69, 9.17) is 6.15 Å². The fourth-order valence-electron chi connectivity index (χ4n) is 1.73. The first-order valence-corrected chi connectivity index (χ1v) is 6.68. The largest absolute Gasteiger partial charge is 0.472 e. The average molecular weight is 294 g/mol. The molecule has 0 aromatic carbocycles. The van der Waals surface area contributed by atoms with Crippen molar-refractivity contribution < 1.29 is 6.15 Å². The molecule has 3 rings (SSSR count). The number of tetrazole rings is 1. The number of nitrogens with one attached hydrogen (secondary N) is 1. The molecule has 0 atom stereocenters. The second-order valence-electron chi connectivity index (χ2n) is 4.11. The van der Waals surface area contributed by atoms with Crippen LogP contribution in [0.15, 0.2) is 22.4 Å². The molecule has 0 amide bonds. The van der Waals surface area contributed by atoms with E-state index < -0.39 is 0 Å². The summed E-state index contributed by atoms with van der Waals surface area (Å²) < 4.78 is 15.2. The molecule has 1 N–H and O–H groups in total. The molecule has 0 spiro atoms. The van der Waals surface area contributed by atoms with Gasteiger partial charge in [-0.25, -0.2) is 4.79 Å². The SMILES string of the molecule is [3H]n1ccc(OCc2c(-n3nnn(C)c3=O)csc2C)n1. The monoisotopic (exact) mass is 294 g/mol. The van der Waals surface area contributed by atoms with E-state index in [0.29, 0.717) is 11.6 Å². The molecule has 0 radical (unpaired) electrons. The van der Waals surface area contributed by atoms with Gasteiger partial charge in [-0.3, -0.25) is 5.09 Å². The van der Waals surface area contributed by atoms with Gasteiger partial charge in [0, 0.05) is 35.1 Å². The summed E-state index contributed by atoms with van der Waals surface area (Å²) in [5.41, 5.74) is 1.19. The molecule has 0 saturated carbocycles. The van der Waals surface area contributed by atoms with Gasteiger partial charge in [-0.1, -0.05) is 0 Å². The number of hydrogen-bond donors (Lipinski definition) is 1. The number of H-pyrrole nitrogens is 1. The van der Waals surface area contributed by atoms with Crippen LogP contribution in [0.25, 0.3) is 5.69 Å². The van der Waals surface area contributed by atoms with Crippen LogP contribution in [0.5, 0.6) is 5.88 Å². The van der Waals surface area contributed by atoms with Crippen molar-refractivity contribution in [1.29, 1.82) is 0 Å². The molecular weight excluding hydrogens is 280 g/mol. The highest BCUT2D eigenvalue weighted by atomic mass is 32.1. The molecule has 0 aliphatic heterocycles. The van der Waals surface area contributed by atoms with Crippen LogP contribution in [0.3, 0.4) is 0 Å². The average Bonchev–Trinajstić information content (AvgIpc) is 3.11. The van der Waals surface area contributed by atoms with Crippen LogP contribution in [-0.4, -0.2) is 30.0 Å². The Morgan fingerprint density at radius 3 is 3.05 bits per heavy atom. The third-order valence-corrected chi connectivity index (χ3v) is 3.78. The lowest BCUT2D eigenvalue weighted by atomic mass is 10.2. The maximum Gasteiger partial charge on any atom is 0.368 e. The van der Waals surface area contributed by atoms with Gasteiger partial charge in [0.15, 0.2) is 1.41 Å². The first kappa shape index (κ1) is 11.4. The maximum atomic E-state index is 11.9. The van der Waals surface area contributed by atoms with Gasteiger partial charge in [-0.05, 0) is 17.4 Å². The fraction of sp³-hybridized carbons (Fsp3) is 0.273. The molecule has 20 heavy (non-hydrogen) atoms. The Balaban J connectivity index is 1.90. The van der Waals surface area contributed by atoms with E-state index in [2.05, 4.69) is 15.5 Å². The minimum absolute atomic E-state index is 0.241. The summed E-state index contributed by atoms with van der Waals surface area (Å²) in [4.78, 5) is 13.0. The lowest BCUT2D eigenvalue weighted by molar-refractivity contribution is 0.292. The minimum atomic E-state index is -0.315. The summed E-state index contributed by atoms with van der Waals surface area (Å²) in [7, 11) is 1.54. The summed E-state index contributed by atoms with van der Waals surface area (Å²) >= 11 is 1.50. The number of thiophene rings is 1. The lowest BCUT2D eigenvalue weighted by Crippen LogP contribution is -2.22. The second-order valence-corrected chi connectivity index (χ2v) is 5.19. The van der Waals surface area contributed by atoms with E-state index in [9.17, 15) is 4.79 Å². The molecule has 0 aliphatic rings. The third kappa shape index (κ3) is 2.11. The van der Waals surface area contributed by atoms with Crippen LogP contribution < -0.4 is 10.4 Å².